The molecule has 0 aliphatic carbocycles. The van der Waals surface area contributed by atoms with Crippen LogP contribution in [0.3, 0.4) is 0 Å². The van der Waals surface area contributed by atoms with E-state index < -0.39 is 0 Å². The number of hydrogen-bond acceptors (Lipinski definition) is 7. The number of anilines is 1. The lowest BCUT2D eigenvalue weighted by atomic mass is 9.96. The van der Waals surface area contributed by atoms with Crippen LogP contribution in [0.15, 0.2) is 47.9 Å². The summed E-state index contributed by atoms with van der Waals surface area (Å²) in [5, 5.41) is 14.0. The molecule has 148 valence electrons. The van der Waals surface area contributed by atoms with Crippen molar-refractivity contribution in [2.24, 2.45) is 13.0 Å². The Balaban J connectivity index is 1.30. The van der Waals surface area contributed by atoms with Crippen molar-refractivity contribution < 1.29 is 0 Å². The minimum Gasteiger partial charge on any atom is -0.356 e. The zero-order chi connectivity index (χ0) is 19.8. The highest BCUT2D eigenvalue weighted by atomic mass is 16.1. The lowest BCUT2D eigenvalue weighted by Crippen LogP contribution is -2.37. The molecule has 1 saturated heterocycles. The standard InChI is InChI=1S/C19H21N9O/c1-25-12-15-18(24-25)20-13-21-19(15)26-9-5-14(6-10-26)11-28-17(29)4-3-16(23-28)27-8-2-7-22-27/h2-4,7-8,12-14H,5-6,9-11H2,1H3. The first-order chi connectivity index (χ1) is 14.2. The molecule has 0 saturated carbocycles. The summed E-state index contributed by atoms with van der Waals surface area (Å²) in [5.41, 5.74) is 0.627. The molecule has 0 N–H and O–H groups in total. The van der Waals surface area contributed by atoms with Crippen LogP contribution in [-0.4, -0.2) is 52.4 Å². The van der Waals surface area contributed by atoms with Gasteiger partial charge in [0.2, 0.25) is 0 Å². The molecule has 0 spiro atoms. The SMILES string of the molecule is Cn1cc2c(N3CCC(Cn4nc(-n5cccn5)ccc4=O)CC3)ncnc2n1. The Hall–Kier alpha value is -3.56. The lowest BCUT2D eigenvalue weighted by Gasteiger charge is -2.32. The highest BCUT2D eigenvalue weighted by Gasteiger charge is 2.23. The van der Waals surface area contributed by atoms with Crippen molar-refractivity contribution in [3.05, 3.63) is 53.5 Å². The molecule has 5 heterocycles. The van der Waals surface area contributed by atoms with Crippen LogP contribution in [-0.2, 0) is 13.6 Å². The van der Waals surface area contributed by atoms with E-state index in [4.69, 9.17) is 0 Å². The number of fused-ring (bicyclic) bond motifs is 1. The Kier molecular flexibility index (Phi) is 4.30. The van der Waals surface area contributed by atoms with Crippen LogP contribution in [0.25, 0.3) is 16.9 Å². The molecule has 0 amide bonds. The average molecular weight is 391 g/mol. The molecule has 0 radical (unpaired) electrons. The van der Waals surface area contributed by atoms with E-state index >= 15 is 0 Å². The van der Waals surface area contributed by atoms with Gasteiger partial charge >= 0.3 is 0 Å². The van der Waals surface area contributed by atoms with Crippen molar-refractivity contribution in [1.82, 2.24) is 39.3 Å². The molecular formula is C19H21N9O. The topological polar surface area (TPSA) is 99.6 Å². The quantitative estimate of drug-likeness (QED) is 0.512. The number of rotatable bonds is 4. The van der Waals surface area contributed by atoms with E-state index in [1.807, 2.05) is 25.5 Å². The zero-order valence-electron chi connectivity index (χ0n) is 16.1. The van der Waals surface area contributed by atoms with Crippen LogP contribution in [0, 0.1) is 5.92 Å². The first-order valence-corrected chi connectivity index (χ1v) is 9.65. The van der Waals surface area contributed by atoms with Crippen LogP contribution < -0.4 is 10.5 Å². The largest absolute Gasteiger partial charge is 0.356 e. The summed E-state index contributed by atoms with van der Waals surface area (Å²) in [7, 11) is 1.89. The first-order valence-electron chi connectivity index (χ1n) is 9.65. The molecular weight excluding hydrogens is 370 g/mol. The van der Waals surface area contributed by atoms with Crippen LogP contribution in [0.2, 0.25) is 0 Å². The molecule has 4 aromatic rings. The molecule has 1 fully saturated rings. The van der Waals surface area contributed by atoms with Crippen molar-refractivity contribution in [3.63, 3.8) is 0 Å². The van der Waals surface area contributed by atoms with Gasteiger partial charge in [0.25, 0.3) is 5.56 Å². The summed E-state index contributed by atoms with van der Waals surface area (Å²) in [6.45, 7) is 2.35. The molecule has 10 nitrogen and oxygen atoms in total. The van der Waals surface area contributed by atoms with Crippen molar-refractivity contribution in [2.75, 3.05) is 18.0 Å². The predicted molar refractivity (Wildman–Crippen MR) is 107 cm³/mol. The van der Waals surface area contributed by atoms with Crippen LogP contribution in [0.4, 0.5) is 5.82 Å². The minimum atomic E-state index is -0.0868. The zero-order valence-corrected chi connectivity index (χ0v) is 16.1. The Morgan fingerprint density at radius 1 is 1.14 bits per heavy atom. The molecule has 0 unspecified atom stereocenters. The van der Waals surface area contributed by atoms with E-state index in [-0.39, 0.29) is 5.56 Å². The van der Waals surface area contributed by atoms with Gasteiger partial charge in [-0.05, 0) is 30.9 Å². The summed E-state index contributed by atoms with van der Waals surface area (Å²) in [5.74, 6) is 1.96. The Bertz CT molecular complexity index is 1190. The maximum absolute atomic E-state index is 12.3. The average Bonchev–Trinajstić information content (AvgIpc) is 3.39. The van der Waals surface area contributed by atoms with Crippen molar-refractivity contribution in [3.8, 4) is 5.82 Å². The van der Waals surface area contributed by atoms with E-state index in [1.165, 1.54) is 0 Å². The summed E-state index contributed by atoms with van der Waals surface area (Å²) < 4.78 is 4.98. The molecule has 29 heavy (non-hydrogen) atoms. The van der Waals surface area contributed by atoms with E-state index in [1.54, 1.807) is 38.7 Å². The summed E-state index contributed by atoms with van der Waals surface area (Å²) in [6, 6.07) is 5.08. The molecule has 1 aliphatic rings. The molecule has 4 aromatic heterocycles. The van der Waals surface area contributed by atoms with E-state index in [2.05, 4.69) is 30.2 Å². The summed E-state index contributed by atoms with van der Waals surface area (Å²) in [4.78, 5) is 23.3. The maximum Gasteiger partial charge on any atom is 0.266 e. The number of nitrogens with zero attached hydrogens (tertiary/aromatic N) is 9. The van der Waals surface area contributed by atoms with Gasteiger partial charge in [-0.15, -0.1) is 5.10 Å². The monoisotopic (exact) mass is 391 g/mol. The Morgan fingerprint density at radius 2 is 2.00 bits per heavy atom. The van der Waals surface area contributed by atoms with E-state index in [0.717, 1.165) is 37.1 Å². The summed E-state index contributed by atoms with van der Waals surface area (Å²) >= 11 is 0. The number of piperidine rings is 1. The van der Waals surface area contributed by atoms with Gasteiger partial charge in [0, 0.05) is 51.3 Å². The second kappa shape index (κ2) is 7.12. The highest BCUT2D eigenvalue weighted by Crippen LogP contribution is 2.27. The second-order valence-corrected chi connectivity index (χ2v) is 7.33. The molecule has 1 aliphatic heterocycles. The fourth-order valence-corrected chi connectivity index (χ4v) is 3.86. The smallest absolute Gasteiger partial charge is 0.266 e. The molecule has 0 aromatic carbocycles. The fourth-order valence-electron chi connectivity index (χ4n) is 3.86. The van der Waals surface area contributed by atoms with Gasteiger partial charge in [-0.3, -0.25) is 9.48 Å². The molecule has 5 rings (SSSR count). The molecule has 0 atom stereocenters. The first kappa shape index (κ1) is 17.5. The van der Waals surface area contributed by atoms with Crippen molar-refractivity contribution >= 4 is 16.9 Å². The number of hydrogen-bond donors (Lipinski definition) is 0. The van der Waals surface area contributed by atoms with Gasteiger partial charge in [0.1, 0.15) is 12.1 Å². The number of aromatic nitrogens is 8. The van der Waals surface area contributed by atoms with Gasteiger partial charge in [0.15, 0.2) is 11.5 Å². The van der Waals surface area contributed by atoms with Crippen molar-refractivity contribution in [1.29, 1.82) is 0 Å². The van der Waals surface area contributed by atoms with Gasteiger partial charge in [-0.1, -0.05) is 0 Å². The van der Waals surface area contributed by atoms with Gasteiger partial charge in [-0.2, -0.15) is 10.2 Å². The van der Waals surface area contributed by atoms with Crippen LogP contribution in [0.1, 0.15) is 12.8 Å². The summed E-state index contributed by atoms with van der Waals surface area (Å²) in [6.07, 6.45) is 8.97. The van der Waals surface area contributed by atoms with Gasteiger partial charge in [-0.25, -0.2) is 19.3 Å². The third-order valence-corrected chi connectivity index (χ3v) is 5.35. The highest BCUT2D eigenvalue weighted by molar-refractivity contribution is 5.86. The number of aryl methyl sites for hydroxylation is 1. The Morgan fingerprint density at radius 3 is 2.79 bits per heavy atom. The third-order valence-electron chi connectivity index (χ3n) is 5.35. The molecule has 0 bridgehead atoms. The minimum absolute atomic E-state index is 0.0868. The third kappa shape index (κ3) is 3.37. The predicted octanol–water partition coefficient (Wildman–Crippen LogP) is 1.02. The second-order valence-electron chi connectivity index (χ2n) is 7.33. The maximum atomic E-state index is 12.3. The lowest BCUT2D eigenvalue weighted by molar-refractivity contribution is 0.334. The van der Waals surface area contributed by atoms with E-state index in [0.29, 0.717) is 23.9 Å². The van der Waals surface area contributed by atoms with Crippen LogP contribution >= 0.6 is 0 Å². The fraction of sp³-hybridized carbons (Fsp3) is 0.368. The van der Waals surface area contributed by atoms with Gasteiger partial charge in [0.05, 0.1) is 5.39 Å². The van der Waals surface area contributed by atoms with Crippen LogP contribution in [0.5, 0.6) is 0 Å². The van der Waals surface area contributed by atoms with E-state index in [9.17, 15) is 4.79 Å². The Labute approximate surface area is 166 Å². The van der Waals surface area contributed by atoms with Gasteiger partial charge < -0.3 is 4.90 Å². The molecule has 10 heteroatoms. The normalized spacial score (nSPS) is 15.3. The van der Waals surface area contributed by atoms with Crippen molar-refractivity contribution in [2.45, 2.75) is 19.4 Å².